The Morgan fingerprint density at radius 2 is 2.22 bits per heavy atom. The lowest BCUT2D eigenvalue weighted by atomic mass is 9.98. The van der Waals surface area contributed by atoms with Gasteiger partial charge in [0, 0.05) is 35.5 Å². The number of amides is 1. The minimum absolute atomic E-state index is 0.0810. The maximum Gasteiger partial charge on any atom is 0.246 e. The molecule has 0 aliphatic carbocycles. The number of likely N-dealkylation sites (tertiary alicyclic amines) is 1. The summed E-state index contributed by atoms with van der Waals surface area (Å²) in [7, 11) is 0. The fourth-order valence-electron chi connectivity index (χ4n) is 2.14. The third-order valence-corrected chi connectivity index (χ3v) is 4.30. The van der Waals surface area contributed by atoms with E-state index in [1.165, 1.54) is 4.88 Å². The lowest BCUT2D eigenvalue weighted by molar-refractivity contribution is -0.127. The van der Waals surface area contributed by atoms with Gasteiger partial charge in [-0.05, 0) is 43.9 Å². The summed E-state index contributed by atoms with van der Waals surface area (Å²) in [4.78, 5) is 16.2. The van der Waals surface area contributed by atoms with Crippen molar-refractivity contribution in [2.24, 2.45) is 5.92 Å². The topological polar surface area (TPSA) is 40.5 Å². The molecule has 1 aliphatic heterocycles. The second-order valence-corrected chi connectivity index (χ2v) is 6.05. The van der Waals surface area contributed by atoms with E-state index in [1.807, 2.05) is 17.0 Å². The molecule has 18 heavy (non-hydrogen) atoms. The van der Waals surface area contributed by atoms with Crippen LogP contribution >= 0.6 is 11.3 Å². The van der Waals surface area contributed by atoms with Crippen molar-refractivity contribution in [3.8, 4) is 0 Å². The Balaban J connectivity index is 1.87. The van der Waals surface area contributed by atoms with Gasteiger partial charge >= 0.3 is 0 Å². The normalized spacial score (nSPS) is 17.6. The molecule has 2 rings (SSSR count). The monoisotopic (exact) mass is 265 g/mol. The zero-order valence-corrected chi connectivity index (χ0v) is 11.4. The molecule has 3 nitrogen and oxygen atoms in total. The highest BCUT2D eigenvalue weighted by atomic mass is 32.1. The Morgan fingerprint density at radius 3 is 2.78 bits per heavy atom. The molecule has 1 aromatic heterocycles. The van der Waals surface area contributed by atoms with Crippen molar-refractivity contribution in [3.05, 3.63) is 28.0 Å². The number of aliphatic hydroxyl groups is 1. The van der Waals surface area contributed by atoms with Gasteiger partial charge in [0.25, 0.3) is 0 Å². The number of piperidine rings is 1. The van der Waals surface area contributed by atoms with E-state index in [0.717, 1.165) is 30.8 Å². The molecule has 4 heteroatoms. The summed E-state index contributed by atoms with van der Waals surface area (Å²) in [5.41, 5.74) is 0. The van der Waals surface area contributed by atoms with E-state index >= 15 is 0 Å². The van der Waals surface area contributed by atoms with E-state index < -0.39 is 0 Å². The lowest BCUT2D eigenvalue weighted by Gasteiger charge is -2.30. The van der Waals surface area contributed by atoms with Gasteiger partial charge in [-0.15, -0.1) is 11.3 Å². The average Bonchev–Trinajstić information content (AvgIpc) is 2.82. The van der Waals surface area contributed by atoms with Crippen LogP contribution in [0.1, 0.15) is 22.6 Å². The Kier molecular flexibility index (Phi) is 4.55. The number of aryl methyl sites for hydroxylation is 1. The largest absolute Gasteiger partial charge is 0.396 e. The van der Waals surface area contributed by atoms with Crippen molar-refractivity contribution in [3.63, 3.8) is 0 Å². The minimum Gasteiger partial charge on any atom is -0.396 e. The van der Waals surface area contributed by atoms with Crippen LogP contribution in [0.4, 0.5) is 0 Å². The zero-order valence-electron chi connectivity index (χ0n) is 10.6. The Labute approximate surface area is 112 Å². The van der Waals surface area contributed by atoms with Gasteiger partial charge in [-0.3, -0.25) is 4.79 Å². The SMILES string of the molecule is Cc1ccc(/C=C/C(=O)N2CCC(CO)CC2)s1. The van der Waals surface area contributed by atoms with Crippen molar-refractivity contribution >= 4 is 23.3 Å². The highest BCUT2D eigenvalue weighted by Gasteiger charge is 2.20. The van der Waals surface area contributed by atoms with E-state index in [9.17, 15) is 4.79 Å². The predicted octanol–water partition coefficient (Wildman–Crippen LogP) is 2.30. The molecule has 0 unspecified atom stereocenters. The third kappa shape index (κ3) is 3.43. The molecule has 98 valence electrons. The first-order chi connectivity index (χ1) is 8.69. The van der Waals surface area contributed by atoms with Crippen molar-refractivity contribution in [1.29, 1.82) is 0 Å². The lowest BCUT2D eigenvalue weighted by Crippen LogP contribution is -2.38. The summed E-state index contributed by atoms with van der Waals surface area (Å²) >= 11 is 1.69. The molecule has 0 atom stereocenters. The standard InChI is InChI=1S/C14H19NO2S/c1-11-2-3-13(18-11)4-5-14(17)15-8-6-12(10-16)7-9-15/h2-5,12,16H,6-10H2,1H3/b5-4+. The molecule has 0 radical (unpaired) electrons. The second-order valence-electron chi connectivity index (χ2n) is 4.73. The molecule has 2 heterocycles. The number of hydrogen-bond donors (Lipinski definition) is 1. The van der Waals surface area contributed by atoms with Gasteiger partial charge in [0.1, 0.15) is 0 Å². The van der Waals surface area contributed by atoms with Crippen molar-refractivity contribution in [1.82, 2.24) is 4.90 Å². The average molecular weight is 265 g/mol. The number of aliphatic hydroxyl groups excluding tert-OH is 1. The number of nitrogens with zero attached hydrogens (tertiary/aromatic N) is 1. The first-order valence-corrected chi connectivity index (χ1v) is 7.15. The number of carbonyl (C=O) groups is 1. The van der Waals surface area contributed by atoms with Crippen LogP contribution in [0.25, 0.3) is 6.08 Å². The predicted molar refractivity (Wildman–Crippen MR) is 74.5 cm³/mol. The molecule has 0 spiro atoms. The van der Waals surface area contributed by atoms with Gasteiger partial charge in [0.2, 0.25) is 5.91 Å². The zero-order chi connectivity index (χ0) is 13.0. The number of thiophene rings is 1. The molecule has 0 bridgehead atoms. The maximum atomic E-state index is 12.0. The summed E-state index contributed by atoms with van der Waals surface area (Å²) < 4.78 is 0. The summed E-state index contributed by atoms with van der Waals surface area (Å²) in [6.45, 7) is 3.82. The van der Waals surface area contributed by atoms with Gasteiger partial charge in [-0.25, -0.2) is 0 Å². The summed E-state index contributed by atoms with van der Waals surface area (Å²) in [5, 5.41) is 9.05. The number of rotatable bonds is 3. The molecule has 0 aromatic carbocycles. The molecular weight excluding hydrogens is 246 g/mol. The van der Waals surface area contributed by atoms with Crippen molar-refractivity contribution in [2.45, 2.75) is 19.8 Å². The van der Waals surface area contributed by atoms with E-state index in [4.69, 9.17) is 5.11 Å². The first kappa shape index (κ1) is 13.3. The summed E-state index contributed by atoms with van der Waals surface area (Å²) in [6.07, 6.45) is 5.37. The minimum atomic E-state index is 0.0810. The quantitative estimate of drug-likeness (QED) is 0.852. The van der Waals surface area contributed by atoms with E-state index in [2.05, 4.69) is 13.0 Å². The van der Waals surface area contributed by atoms with Crippen molar-refractivity contribution < 1.29 is 9.90 Å². The summed E-state index contributed by atoms with van der Waals surface area (Å²) in [5.74, 6) is 0.454. The van der Waals surface area contributed by atoms with Crippen LogP contribution < -0.4 is 0 Å². The van der Waals surface area contributed by atoms with Crippen LogP contribution in [0.15, 0.2) is 18.2 Å². The highest BCUT2D eigenvalue weighted by molar-refractivity contribution is 7.12. The Hall–Kier alpha value is -1.13. The van der Waals surface area contributed by atoms with Crippen LogP contribution in [-0.2, 0) is 4.79 Å². The molecule has 1 N–H and O–H groups in total. The molecule has 0 saturated carbocycles. The van der Waals surface area contributed by atoms with E-state index in [1.54, 1.807) is 17.4 Å². The van der Waals surface area contributed by atoms with Crippen LogP contribution in [0.3, 0.4) is 0 Å². The van der Waals surface area contributed by atoms with Gasteiger partial charge in [-0.2, -0.15) is 0 Å². The van der Waals surface area contributed by atoms with Crippen LogP contribution in [0, 0.1) is 12.8 Å². The van der Waals surface area contributed by atoms with Gasteiger partial charge in [0.15, 0.2) is 0 Å². The van der Waals surface area contributed by atoms with Crippen LogP contribution in [0.5, 0.6) is 0 Å². The Morgan fingerprint density at radius 1 is 1.50 bits per heavy atom. The number of carbonyl (C=O) groups excluding carboxylic acids is 1. The molecule has 1 saturated heterocycles. The smallest absolute Gasteiger partial charge is 0.246 e. The van der Waals surface area contributed by atoms with Crippen LogP contribution in [0.2, 0.25) is 0 Å². The van der Waals surface area contributed by atoms with E-state index in [0.29, 0.717) is 5.92 Å². The van der Waals surface area contributed by atoms with Crippen LogP contribution in [-0.4, -0.2) is 35.6 Å². The fourth-order valence-corrected chi connectivity index (χ4v) is 2.92. The maximum absolute atomic E-state index is 12.0. The fraction of sp³-hybridized carbons (Fsp3) is 0.500. The first-order valence-electron chi connectivity index (χ1n) is 6.33. The highest BCUT2D eigenvalue weighted by Crippen LogP contribution is 2.18. The van der Waals surface area contributed by atoms with Crippen molar-refractivity contribution in [2.75, 3.05) is 19.7 Å². The molecule has 1 aromatic rings. The summed E-state index contributed by atoms with van der Waals surface area (Å²) in [6, 6.07) is 4.09. The Bertz CT molecular complexity index is 431. The number of hydrogen-bond acceptors (Lipinski definition) is 3. The van der Waals surface area contributed by atoms with Gasteiger partial charge in [-0.1, -0.05) is 0 Å². The van der Waals surface area contributed by atoms with Gasteiger partial charge in [0.05, 0.1) is 0 Å². The van der Waals surface area contributed by atoms with E-state index in [-0.39, 0.29) is 12.5 Å². The molecule has 1 amide bonds. The molecular formula is C14H19NO2S. The van der Waals surface area contributed by atoms with Gasteiger partial charge < -0.3 is 10.0 Å². The third-order valence-electron chi connectivity index (χ3n) is 3.34. The molecule has 1 fully saturated rings. The second kappa shape index (κ2) is 6.16. The molecule has 1 aliphatic rings.